The molecule has 11 aromatic carbocycles. The van der Waals surface area contributed by atoms with Gasteiger partial charge >= 0.3 is 0 Å². The third kappa shape index (κ3) is 6.00. The number of fused-ring (bicyclic) bond motifs is 9. The van der Waals surface area contributed by atoms with E-state index in [0.717, 1.165) is 17.1 Å². The molecule has 14 rings (SSSR count). The summed E-state index contributed by atoms with van der Waals surface area (Å²) in [6.07, 6.45) is 0. The first-order valence-electron chi connectivity index (χ1n) is 24.2. The Morgan fingerprint density at radius 1 is 0.229 bits per heavy atom. The summed E-state index contributed by atoms with van der Waals surface area (Å²) >= 11 is 0. The molecule has 0 unspecified atom stereocenters. The molecule has 0 spiro atoms. The van der Waals surface area contributed by atoms with E-state index in [2.05, 4.69) is 287 Å². The van der Waals surface area contributed by atoms with Crippen molar-refractivity contribution < 1.29 is 0 Å². The Balaban J connectivity index is 0.930. The fourth-order valence-corrected chi connectivity index (χ4v) is 16.6. The molecule has 0 aliphatic carbocycles. The zero-order valence-corrected chi connectivity index (χ0v) is 39.3. The molecule has 3 nitrogen and oxygen atoms in total. The van der Waals surface area contributed by atoms with Gasteiger partial charge in [0.25, 0.3) is 0 Å². The topological polar surface area (TPSA) is 14.8 Å². The first-order valence-corrected chi connectivity index (χ1v) is 26.2. The molecule has 0 saturated heterocycles. The lowest BCUT2D eigenvalue weighted by atomic mass is 9.98. The Kier molecular flexibility index (Phi) is 9.23. The van der Waals surface area contributed by atoms with Crippen LogP contribution >= 0.6 is 0 Å². The van der Waals surface area contributed by atoms with E-state index in [1.165, 1.54) is 97.3 Å². The van der Waals surface area contributed by atoms with Crippen molar-refractivity contribution in [2.45, 2.75) is 0 Å². The summed E-state index contributed by atoms with van der Waals surface area (Å²) in [5, 5.41) is 12.9. The van der Waals surface area contributed by atoms with Crippen molar-refractivity contribution in [3.63, 3.8) is 0 Å². The van der Waals surface area contributed by atoms with Gasteiger partial charge in [0.2, 0.25) is 0 Å². The van der Waals surface area contributed by atoms with E-state index in [1.807, 2.05) is 0 Å². The highest BCUT2D eigenvalue weighted by atomic mass is 28.3. The number of para-hydroxylation sites is 4. The molecule has 0 fully saturated rings. The predicted molar refractivity (Wildman–Crippen MR) is 299 cm³/mol. The molecule has 0 radical (unpaired) electrons. The molecule has 70 heavy (non-hydrogen) atoms. The Bertz CT molecular complexity index is 4170. The van der Waals surface area contributed by atoms with E-state index in [9.17, 15) is 0 Å². The van der Waals surface area contributed by atoms with Crippen LogP contribution in [0, 0.1) is 0 Å². The van der Waals surface area contributed by atoms with Gasteiger partial charge in [0.15, 0.2) is 8.07 Å². The second-order valence-electron chi connectivity index (χ2n) is 18.4. The zero-order valence-electron chi connectivity index (χ0n) is 38.3. The Labute approximate surface area is 407 Å². The Morgan fingerprint density at radius 2 is 0.643 bits per heavy atom. The van der Waals surface area contributed by atoms with E-state index in [1.54, 1.807) is 0 Å². The molecule has 328 valence electrons. The van der Waals surface area contributed by atoms with Crippen LogP contribution < -0.4 is 20.7 Å². The fraction of sp³-hybridized carbons (Fsp3) is 0. The van der Waals surface area contributed by atoms with E-state index in [-0.39, 0.29) is 0 Å². The van der Waals surface area contributed by atoms with Gasteiger partial charge in [-0.1, -0.05) is 200 Å². The molecule has 14 aromatic rings. The van der Waals surface area contributed by atoms with Gasteiger partial charge < -0.3 is 13.7 Å². The van der Waals surface area contributed by atoms with E-state index >= 15 is 0 Å². The van der Waals surface area contributed by atoms with Crippen LogP contribution in [-0.4, -0.2) is 21.8 Å². The van der Waals surface area contributed by atoms with Crippen molar-refractivity contribution in [2.24, 2.45) is 0 Å². The Hall–Kier alpha value is -8.96. The molecule has 0 aliphatic heterocycles. The predicted octanol–water partition coefficient (Wildman–Crippen LogP) is 14.0. The molecular weight excluding hydrogens is 863 g/mol. The van der Waals surface area contributed by atoms with E-state index in [4.69, 9.17) is 0 Å². The third-order valence-electron chi connectivity index (χ3n) is 14.8. The summed E-state index contributed by atoms with van der Waals surface area (Å²) in [5.41, 5.74) is 13.0. The average Bonchev–Trinajstić information content (AvgIpc) is 4.08. The molecule has 3 aromatic heterocycles. The van der Waals surface area contributed by atoms with Crippen LogP contribution in [0.1, 0.15) is 0 Å². The van der Waals surface area contributed by atoms with Crippen molar-refractivity contribution in [1.29, 1.82) is 0 Å². The molecule has 0 saturated carbocycles. The first-order chi connectivity index (χ1) is 34.8. The number of hydrogen-bond acceptors (Lipinski definition) is 0. The zero-order chi connectivity index (χ0) is 46.2. The van der Waals surface area contributed by atoms with Gasteiger partial charge in [0.1, 0.15) is 0 Å². The molecule has 0 N–H and O–H groups in total. The monoisotopic (exact) mass is 907 g/mol. The van der Waals surface area contributed by atoms with Crippen LogP contribution in [0.3, 0.4) is 0 Å². The molecule has 0 bridgehead atoms. The van der Waals surface area contributed by atoms with Crippen molar-refractivity contribution in [2.75, 3.05) is 0 Å². The van der Waals surface area contributed by atoms with Crippen LogP contribution in [0.4, 0.5) is 0 Å². The normalized spacial score (nSPS) is 12.0. The lowest BCUT2D eigenvalue weighted by Gasteiger charge is -2.34. The highest BCUT2D eigenvalue weighted by Gasteiger charge is 2.41. The van der Waals surface area contributed by atoms with Crippen LogP contribution in [-0.2, 0) is 0 Å². The molecule has 0 atom stereocenters. The number of aromatic nitrogens is 3. The minimum absolute atomic E-state index is 1.14. The summed E-state index contributed by atoms with van der Waals surface area (Å²) < 4.78 is 7.32. The Morgan fingerprint density at radius 3 is 1.26 bits per heavy atom. The second kappa shape index (κ2) is 16.1. The minimum atomic E-state index is -2.67. The van der Waals surface area contributed by atoms with Gasteiger partial charge in [-0.2, -0.15) is 0 Å². The summed E-state index contributed by atoms with van der Waals surface area (Å²) in [7, 11) is -2.67. The van der Waals surface area contributed by atoms with E-state index in [0.29, 0.717) is 0 Å². The van der Waals surface area contributed by atoms with Gasteiger partial charge in [-0.25, -0.2) is 0 Å². The lowest BCUT2D eigenvalue weighted by molar-refractivity contribution is 1.17. The van der Waals surface area contributed by atoms with Crippen molar-refractivity contribution in [3.05, 3.63) is 273 Å². The molecule has 4 heteroatoms. The summed E-state index contributed by atoms with van der Waals surface area (Å²) in [4.78, 5) is 0. The van der Waals surface area contributed by atoms with E-state index < -0.39 is 8.07 Å². The second-order valence-corrected chi connectivity index (χ2v) is 22.2. The number of rotatable bonds is 8. The summed E-state index contributed by atoms with van der Waals surface area (Å²) in [5.74, 6) is 0. The van der Waals surface area contributed by atoms with Gasteiger partial charge in [0, 0.05) is 49.4 Å². The highest BCUT2D eigenvalue weighted by Crippen LogP contribution is 2.42. The molecule has 3 heterocycles. The van der Waals surface area contributed by atoms with Crippen molar-refractivity contribution in [1.82, 2.24) is 13.7 Å². The van der Waals surface area contributed by atoms with Gasteiger partial charge in [-0.3, -0.25) is 0 Å². The van der Waals surface area contributed by atoms with Crippen LogP contribution in [0.2, 0.25) is 0 Å². The maximum absolute atomic E-state index is 2.67. The lowest BCUT2D eigenvalue weighted by Crippen LogP contribution is -2.74. The summed E-state index contributed by atoms with van der Waals surface area (Å²) in [6.45, 7) is 0. The average molecular weight is 908 g/mol. The van der Waals surface area contributed by atoms with Gasteiger partial charge in [-0.15, -0.1) is 0 Å². The smallest absolute Gasteiger partial charge is 0.179 e. The SMILES string of the molecule is c1ccc(-n2c3ccccc3c3ccc(-c4cccc5c4c4ccccc4n5-c4ccc5c(c4)c4ccccc4n5-c4ccc([Si](c5ccccc5)(c5ccccc5)c5ccccc5)cc4)cc32)cc1. The number of hydrogen-bond donors (Lipinski definition) is 0. The third-order valence-corrected chi connectivity index (χ3v) is 19.6. The quantitative estimate of drug-likeness (QED) is 0.107. The van der Waals surface area contributed by atoms with Crippen LogP contribution in [0.5, 0.6) is 0 Å². The largest absolute Gasteiger partial charge is 0.309 e. The first kappa shape index (κ1) is 40.1. The summed E-state index contributed by atoms with van der Waals surface area (Å²) in [6, 6.07) is 101. The number of benzene rings is 11. The maximum atomic E-state index is 2.47. The van der Waals surface area contributed by atoms with Crippen molar-refractivity contribution >= 4 is 94.2 Å². The fourth-order valence-electron chi connectivity index (χ4n) is 11.8. The molecular formula is C66H45N3Si. The number of nitrogens with zero attached hydrogens (tertiary/aromatic N) is 3. The van der Waals surface area contributed by atoms with Crippen molar-refractivity contribution in [3.8, 4) is 28.2 Å². The van der Waals surface area contributed by atoms with Crippen LogP contribution in [0.25, 0.3) is 93.6 Å². The molecule has 0 amide bonds. The highest BCUT2D eigenvalue weighted by molar-refractivity contribution is 7.19. The minimum Gasteiger partial charge on any atom is -0.309 e. The van der Waals surface area contributed by atoms with Gasteiger partial charge in [-0.05, 0) is 105 Å². The van der Waals surface area contributed by atoms with Crippen LogP contribution in [0.15, 0.2) is 273 Å². The van der Waals surface area contributed by atoms with Gasteiger partial charge in [0.05, 0.1) is 33.1 Å². The maximum Gasteiger partial charge on any atom is 0.179 e. The standard InChI is InChI=1S/C66H45N3Si/c1-5-20-47(21-6-1)68-60-32-16-13-28-55(60)57-42-36-46(44-65(57)68)54-31-19-35-64-66(54)58-30-15-18-34-62(58)69(64)49-39-43-63-59(45-49)56-29-14-17-33-61(56)67(63)48-37-40-53(41-38-48)70(50-22-7-2-8-23-50,51-24-9-3-10-25-51)52-26-11-4-12-27-52/h1-45H. The molecule has 0 aliphatic rings.